The normalized spacial score (nSPS) is 23.4. The van der Waals surface area contributed by atoms with Crippen LogP contribution < -0.4 is 11.1 Å². The molecule has 0 aromatic carbocycles. The quantitative estimate of drug-likeness (QED) is 0.835. The van der Waals surface area contributed by atoms with Crippen molar-refractivity contribution in [1.82, 2.24) is 15.0 Å². The Hall–Kier alpha value is -1.14. The minimum atomic E-state index is -0.127. The molecule has 1 aliphatic heterocycles. The monoisotopic (exact) mass is 257 g/mol. The Kier molecular flexibility index (Phi) is 3.35. The van der Waals surface area contributed by atoms with Gasteiger partial charge in [-0.15, -0.1) is 0 Å². The van der Waals surface area contributed by atoms with Gasteiger partial charge < -0.3 is 15.8 Å². The molecule has 2 heterocycles. The Morgan fingerprint density at radius 3 is 2.82 bits per heavy atom. The Morgan fingerprint density at radius 1 is 1.41 bits per heavy atom. The lowest BCUT2D eigenvalue weighted by Gasteiger charge is -2.35. The molecule has 17 heavy (non-hydrogen) atoms. The van der Waals surface area contributed by atoms with Crippen LogP contribution in [0.5, 0.6) is 0 Å². The van der Waals surface area contributed by atoms with Gasteiger partial charge in [-0.05, 0) is 38.3 Å². The molecule has 1 aromatic rings. The van der Waals surface area contributed by atoms with Crippen LogP contribution in [0.1, 0.15) is 26.7 Å². The fourth-order valence-corrected chi connectivity index (χ4v) is 2.13. The number of anilines is 2. The predicted octanol–water partition coefficient (Wildman–Crippen LogP) is 1.48. The van der Waals surface area contributed by atoms with Crippen molar-refractivity contribution in [3.05, 3.63) is 5.28 Å². The van der Waals surface area contributed by atoms with Gasteiger partial charge in [-0.25, -0.2) is 0 Å². The van der Waals surface area contributed by atoms with Gasteiger partial charge in [0.2, 0.25) is 17.2 Å². The van der Waals surface area contributed by atoms with Crippen molar-refractivity contribution in [3.63, 3.8) is 0 Å². The lowest BCUT2D eigenvalue weighted by molar-refractivity contribution is -0.0553. The van der Waals surface area contributed by atoms with E-state index in [9.17, 15) is 0 Å². The molecule has 0 bridgehead atoms. The highest BCUT2D eigenvalue weighted by Gasteiger charge is 2.29. The van der Waals surface area contributed by atoms with Crippen molar-refractivity contribution in [2.75, 3.05) is 17.7 Å². The van der Waals surface area contributed by atoms with Crippen LogP contribution in [0, 0.1) is 0 Å². The molecule has 0 aliphatic carbocycles. The van der Waals surface area contributed by atoms with E-state index < -0.39 is 0 Å². The first-order valence-corrected chi connectivity index (χ1v) is 5.90. The molecule has 1 saturated heterocycles. The number of nitrogens with zero attached hydrogens (tertiary/aromatic N) is 3. The van der Waals surface area contributed by atoms with E-state index in [1.165, 1.54) is 0 Å². The first-order valence-electron chi connectivity index (χ1n) is 5.52. The highest BCUT2D eigenvalue weighted by Crippen LogP contribution is 2.25. The number of ether oxygens (including phenoxy) is 1. The maximum absolute atomic E-state index is 5.72. The van der Waals surface area contributed by atoms with E-state index in [-0.39, 0.29) is 22.9 Å². The smallest absolute Gasteiger partial charge is 0.229 e. The minimum Gasteiger partial charge on any atom is -0.375 e. The van der Waals surface area contributed by atoms with Gasteiger partial charge >= 0.3 is 0 Å². The molecule has 0 saturated carbocycles. The van der Waals surface area contributed by atoms with Crippen molar-refractivity contribution < 1.29 is 4.74 Å². The molecule has 1 aromatic heterocycles. The summed E-state index contributed by atoms with van der Waals surface area (Å²) in [5, 5.41) is 3.31. The number of hydrogen-bond donors (Lipinski definition) is 2. The molecule has 6 nitrogen and oxygen atoms in total. The van der Waals surface area contributed by atoms with E-state index in [0.29, 0.717) is 5.95 Å². The fourth-order valence-electron chi connectivity index (χ4n) is 1.97. The highest BCUT2D eigenvalue weighted by molar-refractivity contribution is 6.28. The summed E-state index contributed by atoms with van der Waals surface area (Å²) >= 11 is 5.72. The molecule has 1 unspecified atom stereocenters. The summed E-state index contributed by atoms with van der Waals surface area (Å²) in [5.41, 5.74) is 5.38. The molecule has 7 heteroatoms. The molecule has 0 amide bonds. The lowest BCUT2D eigenvalue weighted by atomic mass is 9.94. The fraction of sp³-hybridized carbons (Fsp3) is 0.700. The van der Waals surface area contributed by atoms with Gasteiger partial charge in [0.05, 0.1) is 5.60 Å². The molecular formula is C10H16ClN5O. The summed E-state index contributed by atoms with van der Waals surface area (Å²) < 4.78 is 5.64. The van der Waals surface area contributed by atoms with E-state index in [1.807, 2.05) is 0 Å². The zero-order valence-corrected chi connectivity index (χ0v) is 10.7. The van der Waals surface area contributed by atoms with Crippen LogP contribution in [0.3, 0.4) is 0 Å². The number of halogens is 1. The number of hydrogen-bond acceptors (Lipinski definition) is 6. The average Bonchev–Trinajstić information content (AvgIpc) is 2.13. The summed E-state index contributed by atoms with van der Waals surface area (Å²) in [6, 6.07) is 0.261. The van der Waals surface area contributed by atoms with Crippen molar-refractivity contribution in [2.45, 2.75) is 38.3 Å². The predicted molar refractivity (Wildman–Crippen MR) is 65.9 cm³/mol. The Balaban J connectivity index is 2.05. The topological polar surface area (TPSA) is 86.0 Å². The van der Waals surface area contributed by atoms with Gasteiger partial charge in [-0.1, -0.05) is 0 Å². The van der Waals surface area contributed by atoms with Gasteiger partial charge in [0, 0.05) is 12.6 Å². The van der Waals surface area contributed by atoms with Crippen LogP contribution >= 0.6 is 11.6 Å². The number of nitrogen functional groups attached to an aromatic ring is 1. The third-order valence-electron chi connectivity index (χ3n) is 2.66. The van der Waals surface area contributed by atoms with Crippen LogP contribution in [-0.2, 0) is 4.74 Å². The number of rotatable bonds is 2. The van der Waals surface area contributed by atoms with Crippen LogP contribution in [0.4, 0.5) is 11.9 Å². The van der Waals surface area contributed by atoms with Gasteiger partial charge in [0.25, 0.3) is 0 Å². The van der Waals surface area contributed by atoms with E-state index >= 15 is 0 Å². The molecule has 1 aliphatic rings. The third-order valence-corrected chi connectivity index (χ3v) is 2.82. The van der Waals surface area contributed by atoms with Gasteiger partial charge in [0.15, 0.2) is 0 Å². The molecule has 0 spiro atoms. The summed E-state index contributed by atoms with van der Waals surface area (Å²) in [6.07, 6.45) is 1.79. The maximum atomic E-state index is 5.72. The maximum Gasteiger partial charge on any atom is 0.229 e. The second-order valence-electron chi connectivity index (χ2n) is 4.73. The van der Waals surface area contributed by atoms with Crippen molar-refractivity contribution >= 4 is 23.5 Å². The SMILES string of the molecule is CC1(C)CC(Nc2nc(N)nc(Cl)n2)CCO1. The third kappa shape index (κ3) is 3.41. The Labute approximate surface area is 105 Å². The standard InChI is InChI=1S/C10H16ClN5O/c1-10(2)5-6(3-4-17-10)13-9-15-7(11)14-8(12)16-9/h6H,3-5H2,1-2H3,(H3,12,13,14,15,16). The molecule has 0 radical (unpaired) electrons. The van der Waals surface area contributed by atoms with Gasteiger partial charge in [-0.2, -0.15) is 15.0 Å². The lowest BCUT2D eigenvalue weighted by Crippen LogP contribution is -2.40. The first kappa shape index (κ1) is 12.3. The van der Waals surface area contributed by atoms with Crippen molar-refractivity contribution in [3.8, 4) is 0 Å². The van der Waals surface area contributed by atoms with E-state index in [2.05, 4.69) is 34.1 Å². The zero-order valence-electron chi connectivity index (χ0n) is 9.90. The van der Waals surface area contributed by atoms with Crippen molar-refractivity contribution in [1.29, 1.82) is 0 Å². The second kappa shape index (κ2) is 4.62. The van der Waals surface area contributed by atoms with Crippen LogP contribution in [0.15, 0.2) is 0 Å². The first-order chi connectivity index (χ1) is 7.94. The minimum absolute atomic E-state index is 0.103. The zero-order chi connectivity index (χ0) is 12.5. The van der Waals surface area contributed by atoms with E-state index in [0.717, 1.165) is 19.4 Å². The highest BCUT2D eigenvalue weighted by atomic mass is 35.5. The van der Waals surface area contributed by atoms with Gasteiger partial charge in [-0.3, -0.25) is 0 Å². The van der Waals surface area contributed by atoms with Crippen LogP contribution in [0.2, 0.25) is 5.28 Å². The summed E-state index contributed by atoms with van der Waals surface area (Å²) in [6.45, 7) is 4.85. The summed E-state index contributed by atoms with van der Waals surface area (Å²) in [4.78, 5) is 11.7. The number of nitrogens with two attached hydrogens (primary N) is 1. The van der Waals surface area contributed by atoms with Crippen LogP contribution in [0.25, 0.3) is 0 Å². The summed E-state index contributed by atoms with van der Waals surface area (Å²) in [5.74, 6) is 0.545. The molecule has 2 rings (SSSR count). The Morgan fingerprint density at radius 2 is 2.18 bits per heavy atom. The van der Waals surface area contributed by atoms with E-state index in [1.54, 1.807) is 0 Å². The van der Waals surface area contributed by atoms with Crippen molar-refractivity contribution in [2.24, 2.45) is 0 Å². The Bertz CT molecular complexity index is 391. The molecule has 3 N–H and O–H groups in total. The molecule has 1 fully saturated rings. The number of aromatic nitrogens is 3. The average molecular weight is 258 g/mol. The largest absolute Gasteiger partial charge is 0.375 e. The van der Waals surface area contributed by atoms with Gasteiger partial charge in [0.1, 0.15) is 0 Å². The summed E-state index contributed by atoms with van der Waals surface area (Å²) in [7, 11) is 0. The number of nitrogens with one attached hydrogen (secondary N) is 1. The second-order valence-corrected chi connectivity index (χ2v) is 5.07. The van der Waals surface area contributed by atoms with E-state index in [4.69, 9.17) is 22.1 Å². The molecular weight excluding hydrogens is 242 g/mol. The molecule has 94 valence electrons. The van der Waals surface area contributed by atoms with Crippen LogP contribution in [-0.4, -0.2) is 33.2 Å². The molecule has 1 atom stereocenters.